The summed E-state index contributed by atoms with van der Waals surface area (Å²) in [4.78, 5) is 14.2. The Kier molecular flexibility index (Phi) is 6.31. The summed E-state index contributed by atoms with van der Waals surface area (Å²) >= 11 is 12.0. The van der Waals surface area contributed by atoms with Crippen molar-refractivity contribution < 1.29 is 13.2 Å². The number of likely N-dealkylation sites (tertiary alicyclic amines) is 1. The third kappa shape index (κ3) is 5.95. The van der Waals surface area contributed by atoms with Crippen molar-refractivity contribution in [3.8, 4) is 0 Å². The fraction of sp³-hybridized carbons (Fsp3) is 0.533. The molecule has 23 heavy (non-hydrogen) atoms. The molecular weight excluding hydrogens is 359 g/mol. The Morgan fingerprint density at radius 2 is 2.13 bits per heavy atom. The quantitative estimate of drug-likeness (QED) is 0.854. The van der Waals surface area contributed by atoms with Gasteiger partial charge in [-0.3, -0.25) is 4.79 Å². The maximum atomic E-state index is 12.4. The van der Waals surface area contributed by atoms with Crippen molar-refractivity contribution in [1.82, 2.24) is 9.62 Å². The Bertz CT molecular complexity index is 679. The van der Waals surface area contributed by atoms with Crippen LogP contribution in [0.3, 0.4) is 0 Å². The van der Waals surface area contributed by atoms with Crippen LogP contribution in [-0.2, 0) is 21.2 Å². The topological polar surface area (TPSA) is 66.5 Å². The van der Waals surface area contributed by atoms with Gasteiger partial charge in [-0.05, 0) is 36.5 Å². The van der Waals surface area contributed by atoms with Crippen molar-refractivity contribution >= 4 is 39.1 Å². The fourth-order valence-corrected chi connectivity index (χ4v) is 3.68. The highest BCUT2D eigenvalue weighted by Crippen LogP contribution is 2.23. The van der Waals surface area contributed by atoms with Gasteiger partial charge in [-0.15, -0.1) is 0 Å². The molecule has 1 aliphatic heterocycles. The van der Waals surface area contributed by atoms with Gasteiger partial charge in [0.15, 0.2) is 0 Å². The van der Waals surface area contributed by atoms with Crippen LogP contribution in [0.15, 0.2) is 18.2 Å². The number of nitrogens with one attached hydrogen (secondary N) is 1. The molecule has 1 aliphatic rings. The van der Waals surface area contributed by atoms with Crippen LogP contribution >= 0.6 is 23.2 Å². The molecule has 0 spiro atoms. The fourth-order valence-electron chi connectivity index (χ4n) is 2.67. The monoisotopic (exact) mass is 378 g/mol. The minimum Gasteiger partial charge on any atom is -0.342 e. The van der Waals surface area contributed by atoms with Crippen LogP contribution in [0.2, 0.25) is 10.0 Å². The van der Waals surface area contributed by atoms with E-state index in [1.165, 1.54) is 0 Å². The van der Waals surface area contributed by atoms with Crippen molar-refractivity contribution in [2.24, 2.45) is 5.92 Å². The van der Waals surface area contributed by atoms with E-state index in [4.69, 9.17) is 23.2 Å². The maximum absolute atomic E-state index is 12.4. The second-order valence-corrected chi connectivity index (χ2v) is 8.56. The van der Waals surface area contributed by atoms with Crippen molar-refractivity contribution in [1.29, 1.82) is 0 Å². The van der Waals surface area contributed by atoms with Gasteiger partial charge >= 0.3 is 0 Å². The van der Waals surface area contributed by atoms with Crippen LogP contribution in [-0.4, -0.2) is 45.1 Å². The summed E-state index contributed by atoms with van der Waals surface area (Å²) in [6, 6.07) is 5.10. The van der Waals surface area contributed by atoms with Crippen LogP contribution < -0.4 is 4.72 Å². The van der Waals surface area contributed by atoms with Crippen LogP contribution in [0.1, 0.15) is 18.4 Å². The first-order valence-electron chi connectivity index (χ1n) is 7.41. The van der Waals surface area contributed by atoms with E-state index in [-0.39, 0.29) is 18.2 Å². The molecule has 0 aliphatic carbocycles. The third-order valence-electron chi connectivity index (χ3n) is 3.86. The molecule has 1 amide bonds. The number of rotatable bonds is 5. The van der Waals surface area contributed by atoms with E-state index in [0.717, 1.165) is 24.7 Å². The molecule has 0 bridgehead atoms. The lowest BCUT2D eigenvalue weighted by Crippen LogP contribution is -2.44. The van der Waals surface area contributed by atoms with Gasteiger partial charge in [-0.2, -0.15) is 0 Å². The van der Waals surface area contributed by atoms with Crippen molar-refractivity contribution in [2.45, 2.75) is 19.3 Å². The second kappa shape index (κ2) is 7.83. The molecule has 1 atom stereocenters. The number of hydrogen-bond donors (Lipinski definition) is 1. The van der Waals surface area contributed by atoms with Crippen molar-refractivity contribution in [2.75, 3.05) is 25.9 Å². The van der Waals surface area contributed by atoms with E-state index < -0.39 is 10.0 Å². The summed E-state index contributed by atoms with van der Waals surface area (Å²) in [5, 5.41) is 1.02. The SMILES string of the molecule is CS(=O)(=O)NCC1CCCN(C(=O)Cc2ccc(Cl)cc2Cl)C1. The Labute approximate surface area is 147 Å². The molecule has 1 fully saturated rings. The highest BCUT2D eigenvalue weighted by atomic mass is 35.5. The Morgan fingerprint density at radius 1 is 1.39 bits per heavy atom. The lowest BCUT2D eigenvalue weighted by Gasteiger charge is -2.33. The van der Waals surface area contributed by atoms with Crippen LogP contribution in [0, 0.1) is 5.92 Å². The molecule has 1 N–H and O–H groups in total. The Balaban J connectivity index is 1.93. The summed E-state index contributed by atoms with van der Waals surface area (Å²) in [5.74, 6) is 0.140. The first kappa shape index (κ1) is 18.5. The van der Waals surface area contributed by atoms with Crippen molar-refractivity contribution in [3.05, 3.63) is 33.8 Å². The lowest BCUT2D eigenvalue weighted by atomic mass is 9.97. The van der Waals surface area contributed by atoms with Crippen LogP contribution in [0.4, 0.5) is 0 Å². The molecule has 1 aromatic rings. The number of benzene rings is 1. The zero-order chi connectivity index (χ0) is 17.0. The van der Waals surface area contributed by atoms with E-state index >= 15 is 0 Å². The largest absolute Gasteiger partial charge is 0.342 e. The van der Waals surface area contributed by atoms with Gasteiger partial charge in [-0.25, -0.2) is 13.1 Å². The molecule has 2 rings (SSSR count). The molecule has 0 radical (unpaired) electrons. The third-order valence-corrected chi connectivity index (χ3v) is 5.14. The number of sulfonamides is 1. The van der Waals surface area contributed by atoms with E-state index in [2.05, 4.69) is 4.72 Å². The summed E-state index contributed by atoms with van der Waals surface area (Å²) in [5.41, 5.74) is 0.748. The number of nitrogens with zero attached hydrogens (tertiary/aromatic N) is 1. The number of piperidine rings is 1. The summed E-state index contributed by atoms with van der Waals surface area (Å²) in [6.07, 6.45) is 3.15. The normalized spacial score (nSPS) is 18.9. The first-order valence-corrected chi connectivity index (χ1v) is 10.1. The molecular formula is C15H20Cl2N2O3S. The zero-order valence-electron chi connectivity index (χ0n) is 12.9. The minimum absolute atomic E-state index is 0.00159. The van der Waals surface area contributed by atoms with Gasteiger partial charge < -0.3 is 4.90 Å². The molecule has 8 heteroatoms. The number of amides is 1. The van der Waals surface area contributed by atoms with Gasteiger partial charge in [-0.1, -0.05) is 29.3 Å². The average molecular weight is 379 g/mol. The second-order valence-electron chi connectivity index (χ2n) is 5.88. The van der Waals surface area contributed by atoms with Crippen LogP contribution in [0.25, 0.3) is 0 Å². The number of carbonyl (C=O) groups is 1. The number of hydrogen-bond acceptors (Lipinski definition) is 3. The van der Waals surface area contributed by atoms with Gasteiger partial charge in [0.2, 0.25) is 15.9 Å². The Hall–Kier alpha value is -0.820. The molecule has 5 nitrogen and oxygen atoms in total. The minimum atomic E-state index is -3.20. The van der Waals surface area contributed by atoms with Gasteiger partial charge in [0.05, 0.1) is 12.7 Å². The van der Waals surface area contributed by atoms with E-state index in [1.807, 2.05) is 0 Å². The smallest absolute Gasteiger partial charge is 0.227 e. The van der Waals surface area contributed by atoms with Gasteiger partial charge in [0.1, 0.15) is 0 Å². The standard InChI is InChI=1S/C15H20Cl2N2O3S/c1-23(21,22)18-9-11-3-2-6-19(10-11)15(20)7-12-4-5-13(16)8-14(12)17/h4-5,8,11,18H,2-3,6-7,9-10H2,1H3. The average Bonchev–Trinajstić information content (AvgIpc) is 2.47. The summed E-state index contributed by atoms with van der Waals surface area (Å²) < 4.78 is 24.9. The van der Waals surface area contributed by atoms with Gasteiger partial charge in [0, 0.05) is 29.7 Å². The van der Waals surface area contributed by atoms with E-state index in [9.17, 15) is 13.2 Å². The molecule has 0 saturated carbocycles. The maximum Gasteiger partial charge on any atom is 0.227 e. The highest BCUT2D eigenvalue weighted by molar-refractivity contribution is 7.88. The Morgan fingerprint density at radius 3 is 2.78 bits per heavy atom. The van der Waals surface area contributed by atoms with Gasteiger partial charge in [0.25, 0.3) is 0 Å². The van der Waals surface area contributed by atoms with Crippen LogP contribution in [0.5, 0.6) is 0 Å². The van der Waals surface area contributed by atoms with E-state index in [0.29, 0.717) is 29.7 Å². The lowest BCUT2D eigenvalue weighted by molar-refractivity contribution is -0.132. The molecule has 128 valence electrons. The molecule has 1 unspecified atom stereocenters. The highest BCUT2D eigenvalue weighted by Gasteiger charge is 2.24. The van der Waals surface area contributed by atoms with E-state index in [1.54, 1.807) is 23.1 Å². The zero-order valence-corrected chi connectivity index (χ0v) is 15.2. The molecule has 1 aromatic carbocycles. The molecule has 0 aromatic heterocycles. The summed E-state index contributed by atoms with van der Waals surface area (Å²) in [7, 11) is -3.20. The first-order chi connectivity index (χ1) is 10.7. The molecule has 1 saturated heterocycles. The molecule has 1 heterocycles. The number of halogens is 2. The number of carbonyl (C=O) groups excluding carboxylic acids is 1. The summed E-state index contributed by atoms with van der Waals surface area (Å²) in [6.45, 7) is 1.62. The predicted octanol–water partition coefficient (Wildman–Crippen LogP) is 2.32. The van der Waals surface area contributed by atoms with Crippen molar-refractivity contribution in [3.63, 3.8) is 0 Å². The predicted molar refractivity (Wildman–Crippen MR) is 92.3 cm³/mol.